The van der Waals surface area contributed by atoms with Gasteiger partial charge >= 0.3 is 0 Å². The number of anilines is 1. The highest BCUT2D eigenvalue weighted by molar-refractivity contribution is 5.93. The van der Waals surface area contributed by atoms with E-state index in [1.807, 2.05) is 38.2 Å². The van der Waals surface area contributed by atoms with E-state index in [0.29, 0.717) is 6.42 Å². The third kappa shape index (κ3) is 3.69. The average molecular weight is 219 g/mol. The normalized spacial score (nSPS) is 11.3. The lowest BCUT2D eigenvalue weighted by molar-refractivity contribution is -0.120. The van der Waals surface area contributed by atoms with Gasteiger partial charge in [-0.1, -0.05) is 38.5 Å². The van der Waals surface area contributed by atoms with E-state index in [-0.39, 0.29) is 11.3 Å². The molecule has 0 radical (unpaired) electrons. The molecule has 0 saturated heterocycles. The van der Waals surface area contributed by atoms with Crippen LogP contribution in [-0.4, -0.2) is 13.0 Å². The quantitative estimate of drug-likeness (QED) is 0.746. The number of aryl methyl sites for hydroxylation is 1. The number of benzene rings is 1. The topological polar surface area (TPSA) is 20.3 Å². The van der Waals surface area contributed by atoms with E-state index < -0.39 is 0 Å². The Morgan fingerprint density at radius 3 is 2.12 bits per heavy atom. The van der Waals surface area contributed by atoms with E-state index in [2.05, 4.69) is 20.8 Å². The zero-order valence-corrected chi connectivity index (χ0v) is 10.9. The molecule has 0 atom stereocenters. The van der Waals surface area contributed by atoms with Crippen LogP contribution in [0.25, 0.3) is 0 Å². The molecule has 0 spiro atoms. The molecular weight excluding hydrogens is 198 g/mol. The fourth-order valence-corrected chi connectivity index (χ4v) is 1.48. The predicted octanol–water partition coefficient (Wildman–Crippen LogP) is 3.39. The van der Waals surface area contributed by atoms with Crippen LogP contribution in [0, 0.1) is 12.3 Å². The van der Waals surface area contributed by atoms with Crippen LogP contribution in [-0.2, 0) is 4.79 Å². The van der Waals surface area contributed by atoms with Gasteiger partial charge in [-0.25, -0.2) is 0 Å². The first kappa shape index (κ1) is 12.8. The van der Waals surface area contributed by atoms with Crippen molar-refractivity contribution in [2.24, 2.45) is 5.41 Å². The van der Waals surface area contributed by atoms with Crippen LogP contribution in [0.5, 0.6) is 0 Å². The maximum absolute atomic E-state index is 12.0. The molecule has 0 heterocycles. The summed E-state index contributed by atoms with van der Waals surface area (Å²) in [6.07, 6.45) is 0.567. The van der Waals surface area contributed by atoms with Gasteiger partial charge in [-0.15, -0.1) is 0 Å². The van der Waals surface area contributed by atoms with Crippen LogP contribution in [0.2, 0.25) is 0 Å². The smallest absolute Gasteiger partial charge is 0.227 e. The Morgan fingerprint density at radius 1 is 1.19 bits per heavy atom. The summed E-state index contributed by atoms with van der Waals surface area (Å²) in [6, 6.07) is 8.01. The van der Waals surface area contributed by atoms with E-state index in [1.54, 1.807) is 4.90 Å². The van der Waals surface area contributed by atoms with Gasteiger partial charge in [0.1, 0.15) is 0 Å². The van der Waals surface area contributed by atoms with Crippen LogP contribution in [0.4, 0.5) is 5.69 Å². The minimum absolute atomic E-state index is 0.0377. The van der Waals surface area contributed by atoms with Crippen LogP contribution >= 0.6 is 0 Å². The largest absolute Gasteiger partial charge is 0.315 e. The average Bonchev–Trinajstić information content (AvgIpc) is 2.15. The third-order valence-corrected chi connectivity index (χ3v) is 2.48. The molecule has 1 amide bonds. The van der Waals surface area contributed by atoms with Crippen molar-refractivity contribution in [2.75, 3.05) is 11.9 Å². The van der Waals surface area contributed by atoms with Crippen molar-refractivity contribution in [3.63, 3.8) is 0 Å². The number of nitrogens with zero attached hydrogens (tertiary/aromatic N) is 1. The lowest BCUT2D eigenvalue weighted by Crippen LogP contribution is -2.29. The van der Waals surface area contributed by atoms with Gasteiger partial charge in [0.15, 0.2) is 0 Å². The predicted molar refractivity (Wildman–Crippen MR) is 68.7 cm³/mol. The number of amides is 1. The van der Waals surface area contributed by atoms with Crippen molar-refractivity contribution in [1.29, 1.82) is 0 Å². The van der Waals surface area contributed by atoms with Crippen LogP contribution in [0.3, 0.4) is 0 Å². The maximum atomic E-state index is 12.0. The SMILES string of the molecule is Cc1ccc(N(C)C(=O)CC(C)(C)C)cc1. The first-order valence-electron chi connectivity index (χ1n) is 5.63. The zero-order chi connectivity index (χ0) is 12.3. The van der Waals surface area contributed by atoms with Crippen LogP contribution in [0.1, 0.15) is 32.8 Å². The molecule has 0 saturated carbocycles. The third-order valence-electron chi connectivity index (χ3n) is 2.48. The van der Waals surface area contributed by atoms with E-state index in [1.165, 1.54) is 5.56 Å². The molecule has 0 aliphatic heterocycles. The number of rotatable bonds is 2. The molecule has 16 heavy (non-hydrogen) atoms. The molecule has 1 rings (SSSR count). The van der Waals surface area contributed by atoms with Gasteiger partial charge in [0, 0.05) is 19.2 Å². The van der Waals surface area contributed by atoms with Gasteiger partial charge in [0.05, 0.1) is 0 Å². The molecule has 0 fully saturated rings. The molecule has 0 unspecified atom stereocenters. The first-order valence-corrected chi connectivity index (χ1v) is 5.63. The molecule has 1 aromatic rings. The molecule has 0 N–H and O–H groups in total. The first-order chi connectivity index (χ1) is 7.29. The highest BCUT2D eigenvalue weighted by atomic mass is 16.2. The second-order valence-corrected chi connectivity index (χ2v) is 5.53. The summed E-state index contributed by atoms with van der Waals surface area (Å²) in [5.41, 5.74) is 2.20. The van der Waals surface area contributed by atoms with Crippen molar-refractivity contribution in [3.05, 3.63) is 29.8 Å². The van der Waals surface area contributed by atoms with Gasteiger partial charge in [-0.05, 0) is 24.5 Å². The molecule has 1 aromatic carbocycles. The molecule has 2 nitrogen and oxygen atoms in total. The van der Waals surface area contributed by atoms with Gasteiger partial charge in [-0.3, -0.25) is 4.79 Å². The number of hydrogen-bond donors (Lipinski definition) is 0. The van der Waals surface area contributed by atoms with Gasteiger partial charge in [0.25, 0.3) is 0 Å². The number of carbonyl (C=O) groups excluding carboxylic acids is 1. The Morgan fingerprint density at radius 2 is 1.69 bits per heavy atom. The summed E-state index contributed by atoms with van der Waals surface area (Å²) in [4.78, 5) is 13.7. The number of hydrogen-bond acceptors (Lipinski definition) is 1. The molecule has 0 aliphatic carbocycles. The maximum Gasteiger partial charge on any atom is 0.227 e. The summed E-state index contributed by atoms with van der Waals surface area (Å²) >= 11 is 0. The standard InChI is InChI=1S/C14H21NO/c1-11-6-8-12(9-7-11)15(5)13(16)10-14(2,3)4/h6-9H,10H2,1-5H3. The fraction of sp³-hybridized carbons (Fsp3) is 0.500. The van der Waals surface area contributed by atoms with Crippen molar-refractivity contribution >= 4 is 11.6 Å². The Hall–Kier alpha value is -1.31. The number of carbonyl (C=O) groups is 1. The Kier molecular flexibility index (Phi) is 3.74. The lowest BCUT2D eigenvalue weighted by Gasteiger charge is -2.23. The molecule has 2 heteroatoms. The second kappa shape index (κ2) is 4.69. The summed E-state index contributed by atoms with van der Waals surface area (Å²) < 4.78 is 0. The molecular formula is C14H21NO. The van der Waals surface area contributed by atoms with Gasteiger partial charge in [0.2, 0.25) is 5.91 Å². The van der Waals surface area contributed by atoms with Crippen molar-refractivity contribution < 1.29 is 4.79 Å². The van der Waals surface area contributed by atoms with E-state index in [4.69, 9.17) is 0 Å². The summed E-state index contributed by atoms with van der Waals surface area (Å²) in [7, 11) is 1.83. The minimum atomic E-state index is 0.0377. The van der Waals surface area contributed by atoms with Crippen LogP contribution < -0.4 is 4.90 Å². The Labute approximate surface area is 98.3 Å². The van der Waals surface area contributed by atoms with Gasteiger partial charge < -0.3 is 4.90 Å². The monoisotopic (exact) mass is 219 g/mol. The minimum Gasteiger partial charge on any atom is -0.315 e. The van der Waals surface area contributed by atoms with Crippen LogP contribution in [0.15, 0.2) is 24.3 Å². The Balaban J connectivity index is 2.74. The van der Waals surface area contributed by atoms with E-state index >= 15 is 0 Å². The summed E-state index contributed by atoms with van der Waals surface area (Å²) in [6.45, 7) is 8.27. The zero-order valence-electron chi connectivity index (χ0n) is 10.9. The summed E-state index contributed by atoms with van der Waals surface area (Å²) in [5.74, 6) is 0.163. The summed E-state index contributed by atoms with van der Waals surface area (Å²) in [5, 5.41) is 0. The molecule has 0 bridgehead atoms. The van der Waals surface area contributed by atoms with E-state index in [9.17, 15) is 4.79 Å². The lowest BCUT2D eigenvalue weighted by atomic mass is 9.91. The highest BCUT2D eigenvalue weighted by Crippen LogP contribution is 2.22. The fourth-order valence-electron chi connectivity index (χ4n) is 1.48. The van der Waals surface area contributed by atoms with E-state index in [0.717, 1.165) is 5.69 Å². The molecule has 88 valence electrons. The Bertz CT molecular complexity index is 359. The molecule has 0 aliphatic rings. The van der Waals surface area contributed by atoms with Crippen molar-refractivity contribution in [1.82, 2.24) is 0 Å². The highest BCUT2D eigenvalue weighted by Gasteiger charge is 2.19. The molecule has 0 aromatic heterocycles. The van der Waals surface area contributed by atoms with Crippen molar-refractivity contribution in [2.45, 2.75) is 34.1 Å². The van der Waals surface area contributed by atoms with Gasteiger partial charge in [-0.2, -0.15) is 0 Å². The van der Waals surface area contributed by atoms with Crippen molar-refractivity contribution in [3.8, 4) is 0 Å². The second-order valence-electron chi connectivity index (χ2n) is 5.53.